The second-order valence-electron chi connectivity index (χ2n) is 2.16. The Hall–Kier alpha value is -0.980. The van der Waals surface area contributed by atoms with Crippen LogP contribution in [0.2, 0.25) is 0 Å². The lowest BCUT2D eigenvalue weighted by molar-refractivity contribution is 0.317. The minimum atomic E-state index is 0.810. The van der Waals surface area contributed by atoms with Crippen molar-refractivity contribution in [2.24, 2.45) is 0 Å². The quantitative estimate of drug-likeness (QED) is 0.690. The van der Waals surface area contributed by atoms with Crippen LogP contribution < -0.4 is 4.74 Å². The normalized spacial score (nSPS) is 7.50. The summed E-state index contributed by atoms with van der Waals surface area (Å²) in [6.45, 7) is 10.9. The van der Waals surface area contributed by atoms with Gasteiger partial charge < -0.3 is 4.74 Å². The fourth-order valence-corrected chi connectivity index (χ4v) is 0.737. The molecule has 0 aliphatic carbocycles. The number of hydrogen-bond donors (Lipinski definition) is 0. The van der Waals surface area contributed by atoms with Crippen molar-refractivity contribution in [2.45, 2.75) is 41.0 Å². The van der Waals surface area contributed by atoms with Crippen molar-refractivity contribution < 1.29 is 4.74 Å². The van der Waals surface area contributed by atoms with Gasteiger partial charge in [-0.25, -0.2) is 0 Å². The van der Waals surface area contributed by atoms with Gasteiger partial charge in [0.25, 0.3) is 0 Å². The molecule has 0 unspecified atom stereocenters. The van der Waals surface area contributed by atoms with E-state index in [4.69, 9.17) is 4.74 Å². The molecule has 0 spiro atoms. The minimum absolute atomic E-state index is 0.810. The minimum Gasteiger partial charge on any atom is -0.494 e. The summed E-state index contributed by atoms with van der Waals surface area (Å²) in [6, 6.07) is 9.88. The molecule has 1 aromatic rings. The molecule has 0 saturated heterocycles. The van der Waals surface area contributed by atoms with Gasteiger partial charge >= 0.3 is 0 Å². The van der Waals surface area contributed by atoms with Crippen LogP contribution in [0.5, 0.6) is 5.75 Å². The summed E-state index contributed by atoms with van der Waals surface area (Å²) in [4.78, 5) is 0. The Morgan fingerprint density at radius 3 is 1.86 bits per heavy atom. The fraction of sp³-hybridized carbons (Fsp3) is 0.538. The molecule has 0 N–H and O–H groups in total. The van der Waals surface area contributed by atoms with E-state index in [2.05, 4.69) is 6.92 Å². The van der Waals surface area contributed by atoms with E-state index < -0.39 is 0 Å². The predicted molar refractivity (Wildman–Crippen MR) is 64.9 cm³/mol. The first-order valence-corrected chi connectivity index (χ1v) is 5.61. The molecule has 0 fully saturated rings. The summed E-state index contributed by atoms with van der Waals surface area (Å²) in [5, 5.41) is 0. The molecule has 0 atom stereocenters. The summed E-state index contributed by atoms with van der Waals surface area (Å²) in [6.07, 6.45) is 1.06. The molecule has 1 aromatic carbocycles. The first-order valence-electron chi connectivity index (χ1n) is 5.61. The van der Waals surface area contributed by atoms with Gasteiger partial charge in [-0.15, -0.1) is 0 Å². The third kappa shape index (κ3) is 9.11. The topological polar surface area (TPSA) is 9.23 Å². The standard InChI is InChI=1S/C9H12O.2C2H6/c1-2-8-10-9-6-4-3-5-7-9;2*1-2/h3-7H,2,8H2,1H3;2*1-2H3. The van der Waals surface area contributed by atoms with Crippen LogP contribution in [0.3, 0.4) is 0 Å². The molecule has 0 aromatic heterocycles. The Balaban J connectivity index is 0. The van der Waals surface area contributed by atoms with Gasteiger partial charge in [0.15, 0.2) is 0 Å². The van der Waals surface area contributed by atoms with Gasteiger partial charge in [-0.05, 0) is 18.6 Å². The molecule has 0 saturated carbocycles. The van der Waals surface area contributed by atoms with Crippen LogP contribution in [-0.4, -0.2) is 6.61 Å². The number of para-hydroxylation sites is 1. The summed E-state index contributed by atoms with van der Waals surface area (Å²) in [5.74, 6) is 0.962. The lowest BCUT2D eigenvalue weighted by Gasteiger charge is -2.01. The van der Waals surface area contributed by atoms with E-state index in [0.717, 1.165) is 18.8 Å². The van der Waals surface area contributed by atoms with Crippen LogP contribution in [0.4, 0.5) is 0 Å². The summed E-state index contributed by atoms with van der Waals surface area (Å²) < 4.78 is 5.36. The van der Waals surface area contributed by atoms with E-state index in [1.807, 2.05) is 58.0 Å². The average molecular weight is 196 g/mol. The number of benzene rings is 1. The van der Waals surface area contributed by atoms with Crippen LogP contribution in [0, 0.1) is 0 Å². The molecule has 0 aliphatic heterocycles. The summed E-state index contributed by atoms with van der Waals surface area (Å²) >= 11 is 0. The molecular formula is C13H24O. The zero-order chi connectivity index (χ0) is 11.2. The van der Waals surface area contributed by atoms with E-state index in [1.165, 1.54) is 0 Å². The first-order chi connectivity index (χ1) is 6.93. The van der Waals surface area contributed by atoms with Crippen LogP contribution in [-0.2, 0) is 0 Å². The Morgan fingerprint density at radius 2 is 1.43 bits per heavy atom. The number of rotatable bonds is 3. The van der Waals surface area contributed by atoms with Crippen molar-refractivity contribution in [2.75, 3.05) is 6.61 Å². The van der Waals surface area contributed by atoms with Gasteiger partial charge in [0.05, 0.1) is 6.61 Å². The Labute approximate surface area is 89.1 Å². The molecule has 82 valence electrons. The van der Waals surface area contributed by atoms with Crippen LogP contribution >= 0.6 is 0 Å². The maximum Gasteiger partial charge on any atom is 0.119 e. The maximum absolute atomic E-state index is 5.36. The first kappa shape index (κ1) is 15.5. The summed E-state index contributed by atoms with van der Waals surface area (Å²) in [5.41, 5.74) is 0. The van der Waals surface area contributed by atoms with Gasteiger partial charge in [0.1, 0.15) is 5.75 Å². The monoisotopic (exact) mass is 196 g/mol. The number of ether oxygens (including phenoxy) is 1. The molecule has 1 heteroatoms. The van der Waals surface area contributed by atoms with E-state index in [0.29, 0.717) is 0 Å². The molecule has 1 rings (SSSR count). The molecule has 0 aliphatic rings. The highest BCUT2D eigenvalue weighted by atomic mass is 16.5. The average Bonchev–Trinajstić information content (AvgIpc) is 2.33. The van der Waals surface area contributed by atoms with Crippen LogP contribution in [0.1, 0.15) is 41.0 Å². The lowest BCUT2D eigenvalue weighted by atomic mass is 10.3. The van der Waals surface area contributed by atoms with Crippen molar-refractivity contribution in [1.82, 2.24) is 0 Å². The highest BCUT2D eigenvalue weighted by Gasteiger charge is 1.86. The molecule has 0 heterocycles. The van der Waals surface area contributed by atoms with Gasteiger partial charge in [-0.2, -0.15) is 0 Å². The Bertz CT molecular complexity index is 170. The zero-order valence-electron chi connectivity index (χ0n) is 10.2. The van der Waals surface area contributed by atoms with E-state index >= 15 is 0 Å². The molecular weight excluding hydrogens is 172 g/mol. The van der Waals surface area contributed by atoms with E-state index in [9.17, 15) is 0 Å². The van der Waals surface area contributed by atoms with Crippen molar-refractivity contribution in [1.29, 1.82) is 0 Å². The third-order valence-electron chi connectivity index (χ3n) is 1.22. The van der Waals surface area contributed by atoms with Crippen molar-refractivity contribution >= 4 is 0 Å². The zero-order valence-corrected chi connectivity index (χ0v) is 10.2. The molecule has 0 bridgehead atoms. The Kier molecular flexibility index (Phi) is 16.1. The van der Waals surface area contributed by atoms with Crippen LogP contribution in [0.25, 0.3) is 0 Å². The molecule has 14 heavy (non-hydrogen) atoms. The fourth-order valence-electron chi connectivity index (χ4n) is 0.737. The van der Waals surface area contributed by atoms with Crippen molar-refractivity contribution in [3.63, 3.8) is 0 Å². The predicted octanol–water partition coefficient (Wildman–Crippen LogP) is 4.53. The second-order valence-corrected chi connectivity index (χ2v) is 2.16. The molecule has 0 amide bonds. The van der Waals surface area contributed by atoms with Gasteiger partial charge in [0, 0.05) is 0 Å². The lowest BCUT2D eigenvalue weighted by Crippen LogP contribution is -1.93. The highest BCUT2D eigenvalue weighted by Crippen LogP contribution is 2.07. The Morgan fingerprint density at radius 1 is 0.929 bits per heavy atom. The van der Waals surface area contributed by atoms with Crippen LogP contribution in [0.15, 0.2) is 30.3 Å². The SMILES string of the molecule is CC.CC.CCCOc1ccccc1. The molecule has 0 radical (unpaired) electrons. The number of hydrogen-bond acceptors (Lipinski definition) is 1. The molecule has 1 nitrogen and oxygen atoms in total. The van der Waals surface area contributed by atoms with Crippen molar-refractivity contribution in [3.8, 4) is 5.75 Å². The summed E-state index contributed by atoms with van der Waals surface area (Å²) in [7, 11) is 0. The third-order valence-corrected chi connectivity index (χ3v) is 1.22. The van der Waals surface area contributed by atoms with Gasteiger partial charge in [-0.1, -0.05) is 52.8 Å². The van der Waals surface area contributed by atoms with E-state index in [-0.39, 0.29) is 0 Å². The highest BCUT2D eigenvalue weighted by molar-refractivity contribution is 5.20. The van der Waals surface area contributed by atoms with Gasteiger partial charge in [0.2, 0.25) is 0 Å². The smallest absolute Gasteiger partial charge is 0.119 e. The van der Waals surface area contributed by atoms with E-state index in [1.54, 1.807) is 0 Å². The van der Waals surface area contributed by atoms with Gasteiger partial charge in [-0.3, -0.25) is 0 Å². The largest absolute Gasteiger partial charge is 0.494 e. The maximum atomic E-state index is 5.36. The van der Waals surface area contributed by atoms with Crippen molar-refractivity contribution in [3.05, 3.63) is 30.3 Å². The second kappa shape index (κ2) is 14.5.